The zero-order chi connectivity index (χ0) is 18.5. The number of amides is 2. The third kappa shape index (κ3) is 3.96. The molecule has 0 aromatic carbocycles. The Kier molecular flexibility index (Phi) is 5.41. The number of carbonyl (C=O) groups excluding carboxylic acids is 2. The molecule has 0 aromatic rings. The van der Waals surface area contributed by atoms with E-state index >= 15 is 0 Å². The molecule has 0 spiro atoms. The second-order valence-corrected chi connectivity index (χ2v) is 6.13. The monoisotopic (exact) mass is 354 g/mol. The molecule has 2 amide bonds. The average molecular weight is 354 g/mol. The number of ether oxygens (including phenoxy) is 2. The van der Waals surface area contributed by atoms with Gasteiger partial charge in [0.15, 0.2) is 0 Å². The van der Waals surface area contributed by atoms with Gasteiger partial charge in [-0.3, -0.25) is 9.59 Å². The van der Waals surface area contributed by atoms with Gasteiger partial charge >= 0.3 is 0 Å². The summed E-state index contributed by atoms with van der Waals surface area (Å²) in [6.07, 6.45) is 19.0. The van der Waals surface area contributed by atoms with Crippen molar-refractivity contribution in [2.45, 2.75) is 12.1 Å². The molecule has 0 fully saturated rings. The number of allylic oxidation sites excluding steroid dienone is 3. The second-order valence-electron chi connectivity index (χ2n) is 6.13. The number of hydrogen-bond acceptors (Lipinski definition) is 4. The summed E-state index contributed by atoms with van der Waals surface area (Å²) in [6.45, 7) is 0. The molecule has 6 heteroatoms. The van der Waals surface area contributed by atoms with Gasteiger partial charge < -0.3 is 20.1 Å². The third-order valence-corrected chi connectivity index (χ3v) is 4.41. The van der Waals surface area contributed by atoms with E-state index in [-0.39, 0.29) is 35.7 Å². The predicted octanol–water partition coefficient (Wildman–Crippen LogP) is 1.51. The molecule has 2 N–H and O–H groups in total. The van der Waals surface area contributed by atoms with Crippen molar-refractivity contribution in [1.29, 1.82) is 0 Å². The molecule has 0 radical (unpaired) electrons. The minimum atomic E-state index is -0.258. The smallest absolute Gasteiger partial charge is 0.235 e. The van der Waals surface area contributed by atoms with Crippen molar-refractivity contribution in [3.63, 3.8) is 0 Å². The first-order valence-corrected chi connectivity index (χ1v) is 8.44. The van der Waals surface area contributed by atoms with Gasteiger partial charge in [0.05, 0.1) is 32.2 Å². The Bertz CT molecular complexity index is 758. The van der Waals surface area contributed by atoms with Gasteiger partial charge in [0.1, 0.15) is 17.4 Å². The largest absolute Gasteiger partial charge is 0.500 e. The highest BCUT2D eigenvalue weighted by Crippen LogP contribution is 2.20. The van der Waals surface area contributed by atoms with E-state index in [0.29, 0.717) is 5.76 Å². The van der Waals surface area contributed by atoms with Crippen LogP contribution < -0.4 is 10.6 Å². The van der Waals surface area contributed by atoms with Crippen LogP contribution in [0.25, 0.3) is 0 Å². The standard InChI is InChI=1S/2C10H11NO2/c1-13-9-5-4-8-3-2-7(6-9)10(12)11-8;1-13-9-4-2-3-7-5-6-8(9)10(12)11-7/h2*2-8H,1H3,(H,11,12)/b5-4-,9-6+;3-2-,9-4+. The molecule has 4 unspecified atom stereocenters. The van der Waals surface area contributed by atoms with Crippen LogP contribution in [-0.2, 0) is 19.1 Å². The Morgan fingerprint density at radius 2 is 1.58 bits per heavy atom. The molecule has 4 heterocycles. The molecular formula is C20H22N2O4. The van der Waals surface area contributed by atoms with Crippen LogP contribution in [0.4, 0.5) is 0 Å². The van der Waals surface area contributed by atoms with E-state index in [1.54, 1.807) is 20.3 Å². The number of hydrogen-bond donors (Lipinski definition) is 2. The Labute approximate surface area is 152 Å². The summed E-state index contributed by atoms with van der Waals surface area (Å²) in [7, 11) is 3.18. The van der Waals surface area contributed by atoms with E-state index in [1.807, 2.05) is 54.7 Å². The summed E-state index contributed by atoms with van der Waals surface area (Å²) in [5, 5.41) is 5.70. The van der Waals surface area contributed by atoms with Crippen molar-refractivity contribution < 1.29 is 19.1 Å². The molecule has 4 atom stereocenters. The lowest BCUT2D eigenvalue weighted by Crippen LogP contribution is -2.41. The first kappa shape index (κ1) is 17.8. The zero-order valence-corrected chi connectivity index (χ0v) is 14.7. The first-order valence-electron chi connectivity index (χ1n) is 8.44. The Morgan fingerprint density at radius 3 is 2.27 bits per heavy atom. The van der Waals surface area contributed by atoms with Gasteiger partial charge in [-0.25, -0.2) is 0 Å². The van der Waals surface area contributed by atoms with Gasteiger partial charge in [-0.2, -0.15) is 0 Å². The lowest BCUT2D eigenvalue weighted by Gasteiger charge is -2.24. The van der Waals surface area contributed by atoms with E-state index in [4.69, 9.17) is 9.47 Å². The van der Waals surface area contributed by atoms with Gasteiger partial charge in [0, 0.05) is 0 Å². The fourth-order valence-electron chi connectivity index (χ4n) is 2.97. The lowest BCUT2D eigenvalue weighted by molar-refractivity contribution is -0.124. The maximum Gasteiger partial charge on any atom is 0.235 e. The van der Waals surface area contributed by atoms with Gasteiger partial charge in [0.2, 0.25) is 11.8 Å². The van der Waals surface area contributed by atoms with Gasteiger partial charge in [-0.05, 0) is 18.2 Å². The van der Waals surface area contributed by atoms with E-state index in [9.17, 15) is 9.59 Å². The van der Waals surface area contributed by atoms with Crippen molar-refractivity contribution in [2.24, 2.45) is 11.8 Å². The molecule has 6 nitrogen and oxygen atoms in total. The van der Waals surface area contributed by atoms with Crippen LogP contribution in [-0.4, -0.2) is 38.1 Å². The zero-order valence-electron chi connectivity index (χ0n) is 14.7. The molecule has 0 aromatic heterocycles. The van der Waals surface area contributed by atoms with E-state index in [1.165, 1.54) is 0 Å². The van der Waals surface area contributed by atoms with Crippen LogP contribution in [0.1, 0.15) is 0 Å². The van der Waals surface area contributed by atoms with Crippen molar-refractivity contribution in [1.82, 2.24) is 10.6 Å². The normalized spacial score (nSPS) is 37.0. The fraction of sp³-hybridized carbons (Fsp3) is 0.300. The molecule has 26 heavy (non-hydrogen) atoms. The topological polar surface area (TPSA) is 76.7 Å². The quantitative estimate of drug-likeness (QED) is 0.737. The van der Waals surface area contributed by atoms with Crippen LogP contribution in [0.3, 0.4) is 0 Å². The summed E-state index contributed by atoms with van der Waals surface area (Å²) in [5.74, 6) is 1.02. The molecular weight excluding hydrogens is 332 g/mol. The molecule has 4 aliphatic heterocycles. The van der Waals surface area contributed by atoms with Crippen LogP contribution in [0.2, 0.25) is 0 Å². The first-order chi connectivity index (χ1) is 12.6. The Hall–Kier alpha value is -3.02. The third-order valence-electron chi connectivity index (χ3n) is 4.41. The summed E-state index contributed by atoms with van der Waals surface area (Å²) >= 11 is 0. The van der Waals surface area contributed by atoms with E-state index in [2.05, 4.69) is 10.6 Å². The Balaban J connectivity index is 0.000000151. The molecule has 6 aliphatic rings. The summed E-state index contributed by atoms with van der Waals surface area (Å²) < 4.78 is 10.2. The van der Waals surface area contributed by atoms with Crippen molar-refractivity contribution in [3.05, 3.63) is 72.3 Å². The van der Waals surface area contributed by atoms with Crippen molar-refractivity contribution in [2.75, 3.05) is 14.2 Å². The fourth-order valence-corrected chi connectivity index (χ4v) is 2.97. The summed E-state index contributed by atoms with van der Waals surface area (Å²) in [6, 6.07) is 0.0565. The molecule has 6 rings (SSSR count). The van der Waals surface area contributed by atoms with Crippen LogP contribution in [0, 0.1) is 11.8 Å². The van der Waals surface area contributed by atoms with E-state index < -0.39 is 0 Å². The molecule has 0 saturated heterocycles. The maximum absolute atomic E-state index is 11.5. The maximum atomic E-state index is 11.5. The predicted molar refractivity (Wildman–Crippen MR) is 97.6 cm³/mol. The minimum absolute atomic E-state index is 0.00458. The average Bonchev–Trinajstić information content (AvgIpc) is 2.59. The number of fused-ring (bicyclic) bond motifs is 4. The van der Waals surface area contributed by atoms with Crippen molar-refractivity contribution >= 4 is 11.8 Å². The molecule has 2 aliphatic carbocycles. The highest BCUT2D eigenvalue weighted by molar-refractivity contribution is 5.85. The molecule has 4 bridgehead atoms. The lowest BCUT2D eigenvalue weighted by atomic mass is 9.97. The van der Waals surface area contributed by atoms with Crippen LogP contribution in [0.5, 0.6) is 0 Å². The summed E-state index contributed by atoms with van der Waals surface area (Å²) in [5.41, 5.74) is 0. The minimum Gasteiger partial charge on any atom is -0.500 e. The van der Waals surface area contributed by atoms with E-state index in [0.717, 1.165) is 5.76 Å². The molecule has 136 valence electrons. The Morgan fingerprint density at radius 1 is 0.846 bits per heavy atom. The molecule has 0 saturated carbocycles. The van der Waals surface area contributed by atoms with Gasteiger partial charge in [-0.15, -0.1) is 0 Å². The van der Waals surface area contributed by atoms with Crippen LogP contribution in [0.15, 0.2) is 72.3 Å². The highest BCUT2D eigenvalue weighted by atomic mass is 16.5. The number of carbonyl (C=O) groups is 2. The van der Waals surface area contributed by atoms with Crippen LogP contribution >= 0.6 is 0 Å². The highest BCUT2D eigenvalue weighted by Gasteiger charge is 2.27. The summed E-state index contributed by atoms with van der Waals surface area (Å²) in [4.78, 5) is 22.9. The van der Waals surface area contributed by atoms with Crippen molar-refractivity contribution in [3.8, 4) is 0 Å². The number of nitrogens with one attached hydrogen (secondary N) is 2. The SMILES string of the molecule is CO/C1=C/C=C\C2C=CC1C(=O)N2.COC1=C/C2C=CC(/C=C\1)NC2=O. The number of methoxy groups -OCH3 is 2. The number of rotatable bonds is 2. The van der Waals surface area contributed by atoms with Gasteiger partial charge in [-0.1, -0.05) is 42.5 Å². The second kappa shape index (κ2) is 7.91. The van der Waals surface area contributed by atoms with Gasteiger partial charge in [0.25, 0.3) is 0 Å².